The zero-order chi connectivity index (χ0) is 20.7. The standard InChI is InChI=1S/C20H12F3N7/c21-20(22,23)16-7-1-4-14(26-16)18-28-19(15-6-3-11-30(15)29-18)27-13-8-10-24-12-5-2-9-25-17(12)13/h1-11H,(H,24,27,28,29). The molecule has 7 nitrogen and oxygen atoms in total. The van der Waals surface area contributed by atoms with Crippen molar-refractivity contribution in [2.75, 3.05) is 5.32 Å². The number of halogens is 3. The van der Waals surface area contributed by atoms with Crippen LogP contribution in [0, 0.1) is 0 Å². The topological polar surface area (TPSA) is 80.9 Å². The molecule has 0 aliphatic carbocycles. The van der Waals surface area contributed by atoms with Crippen LogP contribution in [0.3, 0.4) is 0 Å². The number of alkyl halides is 3. The van der Waals surface area contributed by atoms with Crippen LogP contribution in [0.25, 0.3) is 28.1 Å². The van der Waals surface area contributed by atoms with Gasteiger partial charge < -0.3 is 5.32 Å². The number of hydrogen-bond donors (Lipinski definition) is 1. The van der Waals surface area contributed by atoms with Crippen LogP contribution in [-0.4, -0.2) is 29.5 Å². The molecule has 0 unspecified atom stereocenters. The Bertz CT molecular complexity index is 1370. The number of aromatic nitrogens is 6. The highest BCUT2D eigenvalue weighted by atomic mass is 19.4. The van der Waals surface area contributed by atoms with Crippen molar-refractivity contribution in [3.63, 3.8) is 0 Å². The highest BCUT2D eigenvalue weighted by Gasteiger charge is 2.32. The summed E-state index contributed by atoms with van der Waals surface area (Å²) in [6.07, 6.45) is 0.413. The molecule has 0 amide bonds. The molecule has 0 spiro atoms. The van der Waals surface area contributed by atoms with Gasteiger partial charge in [-0.1, -0.05) is 6.07 Å². The van der Waals surface area contributed by atoms with Gasteiger partial charge in [0.1, 0.15) is 22.4 Å². The summed E-state index contributed by atoms with van der Waals surface area (Å²) in [7, 11) is 0. The lowest BCUT2D eigenvalue weighted by Crippen LogP contribution is -2.09. The molecule has 10 heteroatoms. The van der Waals surface area contributed by atoms with Gasteiger partial charge in [0.15, 0.2) is 5.82 Å². The van der Waals surface area contributed by atoms with E-state index in [-0.39, 0.29) is 11.5 Å². The van der Waals surface area contributed by atoms with E-state index in [0.717, 1.165) is 6.07 Å². The molecular formula is C20H12F3N7. The third-order valence-electron chi connectivity index (χ3n) is 4.41. The largest absolute Gasteiger partial charge is 0.433 e. The fourth-order valence-electron chi connectivity index (χ4n) is 3.06. The number of pyridine rings is 3. The number of nitrogens with zero attached hydrogens (tertiary/aromatic N) is 6. The molecule has 5 aromatic rings. The summed E-state index contributed by atoms with van der Waals surface area (Å²) in [6.45, 7) is 0. The zero-order valence-corrected chi connectivity index (χ0v) is 15.2. The molecule has 0 aliphatic heterocycles. The van der Waals surface area contributed by atoms with E-state index in [1.54, 1.807) is 42.9 Å². The number of hydrogen-bond acceptors (Lipinski definition) is 6. The van der Waals surface area contributed by atoms with Crippen LogP contribution in [0.4, 0.5) is 24.7 Å². The zero-order valence-electron chi connectivity index (χ0n) is 15.2. The maximum atomic E-state index is 13.1. The van der Waals surface area contributed by atoms with Gasteiger partial charge in [-0.25, -0.2) is 14.5 Å². The van der Waals surface area contributed by atoms with Crippen LogP contribution in [0.1, 0.15) is 5.69 Å². The van der Waals surface area contributed by atoms with Gasteiger partial charge in [0.25, 0.3) is 0 Å². The quantitative estimate of drug-likeness (QED) is 0.474. The predicted molar refractivity (Wildman–Crippen MR) is 104 cm³/mol. The van der Waals surface area contributed by atoms with Crippen molar-refractivity contribution >= 4 is 28.1 Å². The van der Waals surface area contributed by atoms with Gasteiger partial charge in [-0.05, 0) is 42.5 Å². The molecule has 5 rings (SSSR count). The van der Waals surface area contributed by atoms with E-state index in [0.29, 0.717) is 28.1 Å². The van der Waals surface area contributed by atoms with Crippen molar-refractivity contribution in [2.45, 2.75) is 6.18 Å². The minimum absolute atomic E-state index is 0.0150. The first kappa shape index (κ1) is 18.0. The van der Waals surface area contributed by atoms with Crippen molar-refractivity contribution in [2.24, 2.45) is 0 Å². The number of anilines is 2. The summed E-state index contributed by atoms with van der Waals surface area (Å²) in [5, 5.41) is 7.51. The SMILES string of the molecule is FC(F)(F)c1cccc(-c2nc(Nc3ccnc4cccnc34)c3cccn3n2)n1. The Balaban J connectivity index is 1.64. The molecule has 148 valence electrons. The summed E-state index contributed by atoms with van der Waals surface area (Å²) in [5.74, 6) is 0.459. The summed E-state index contributed by atoms with van der Waals surface area (Å²) >= 11 is 0. The molecule has 0 saturated heterocycles. The van der Waals surface area contributed by atoms with Crippen molar-refractivity contribution in [3.05, 3.63) is 72.8 Å². The number of fused-ring (bicyclic) bond motifs is 2. The maximum absolute atomic E-state index is 13.1. The molecule has 0 radical (unpaired) electrons. The monoisotopic (exact) mass is 407 g/mol. The first-order valence-corrected chi connectivity index (χ1v) is 8.86. The van der Waals surface area contributed by atoms with Crippen molar-refractivity contribution in [1.82, 2.24) is 29.5 Å². The Hall–Kier alpha value is -4.08. The normalized spacial score (nSPS) is 11.8. The van der Waals surface area contributed by atoms with E-state index >= 15 is 0 Å². The summed E-state index contributed by atoms with van der Waals surface area (Å²) in [6, 6.07) is 12.5. The average Bonchev–Trinajstić information content (AvgIpc) is 3.23. The van der Waals surface area contributed by atoms with Gasteiger partial charge in [0.2, 0.25) is 5.82 Å². The Kier molecular flexibility index (Phi) is 4.05. The second-order valence-electron chi connectivity index (χ2n) is 6.38. The van der Waals surface area contributed by atoms with Crippen LogP contribution >= 0.6 is 0 Å². The molecule has 0 fully saturated rings. The molecule has 5 aromatic heterocycles. The molecule has 0 aliphatic rings. The fourth-order valence-corrected chi connectivity index (χ4v) is 3.06. The van der Waals surface area contributed by atoms with E-state index in [2.05, 4.69) is 30.4 Å². The van der Waals surface area contributed by atoms with Gasteiger partial charge in [-0.3, -0.25) is 9.97 Å². The van der Waals surface area contributed by atoms with Gasteiger partial charge >= 0.3 is 6.18 Å². The maximum Gasteiger partial charge on any atom is 0.433 e. The lowest BCUT2D eigenvalue weighted by Gasteiger charge is -2.12. The molecule has 30 heavy (non-hydrogen) atoms. The number of nitrogens with one attached hydrogen (secondary N) is 1. The Labute approximate surface area is 167 Å². The van der Waals surface area contributed by atoms with Crippen LogP contribution in [0.15, 0.2) is 67.1 Å². The minimum atomic E-state index is -4.56. The van der Waals surface area contributed by atoms with E-state index < -0.39 is 11.9 Å². The summed E-state index contributed by atoms with van der Waals surface area (Å²) in [5.41, 5.74) is 1.65. The lowest BCUT2D eigenvalue weighted by molar-refractivity contribution is -0.141. The fraction of sp³-hybridized carbons (Fsp3) is 0.0500. The average molecular weight is 407 g/mol. The Morgan fingerprint density at radius 1 is 0.867 bits per heavy atom. The number of rotatable bonds is 3. The van der Waals surface area contributed by atoms with Gasteiger partial charge in [-0.15, -0.1) is 5.10 Å². The molecule has 5 heterocycles. The lowest BCUT2D eigenvalue weighted by atomic mass is 10.2. The minimum Gasteiger partial charge on any atom is -0.336 e. The highest BCUT2D eigenvalue weighted by Crippen LogP contribution is 2.30. The van der Waals surface area contributed by atoms with Crippen LogP contribution in [0.5, 0.6) is 0 Å². The van der Waals surface area contributed by atoms with E-state index in [1.807, 2.05) is 6.07 Å². The molecule has 0 bridgehead atoms. The van der Waals surface area contributed by atoms with Crippen molar-refractivity contribution in [3.8, 4) is 11.5 Å². The van der Waals surface area contributed by atoms with E-state index in [1.165, 1.54) is 16.6 Å². The first-order chi connectivity index (χ1) is 14.5. The van der Waals surface area contributed by atoms with Crippen LogP contribution in [-0.2, 0) is 6.18 Å². The highest BCUT2D eigenvalue weighted by molar-refractivity contribution is 5.90. The third-order valence-corrected chi connectivity index (χ3v) is 4.41. The van der Waals surface area contributed by atoms with Gasteiger partial charge in [0, 0.05) is 18.6 Å². The van der Waals surface area contributed by atoms with Crippen LogP contribution < -0.4 is 5.32 Å². The molecular weight excluding hydrogens is 395 g/mol. The molecule has 1 N–H and O–H groups in total. The Morgan fingerprint density at radius 3 is 2.63 bits per heavy atom. The van der Waals surface area contributed by atoms with Crippen molar-refractivity contribution < 1.29 is 13.2 Å². The molecule has 0 atom stereocenters. The van der Waals surface area contributed by atoms with E-state index in [9.17, 15) is 13.2 Å². The van der Waals surface area contributed by atoms with Crippen LogP contribution in [0.2, 0.25) is 0 Å². The second-order valence-corrected chi connectivity index (χ2v) is 6.38. The third kappa shape index (κ3) is 3.17. The summed E-state index contributed by atoms with van der Waals surface area (Å²) < 4.78 is 40.7. The van der Waals surface area contributed by atoms with Crippen molar-refractivity contribution in [1.29, 1.82) is 0 Å². The molecule has 0 aromatic carbocycles. The summed E-state index contributed by atoms with van der Waals surface area (Å²) in [4.78, 5) is 16.8. The first-order valence-electron chi connectivity index (χ1n) is 8.86. The smallest absolute Gasteiger partial charge is 0.336 e. The second kappa shape index (κ2) is 6.76. The predicted octanol–water partition coefficient (Wildman–Crippen LogP) is 4.50. The van der Waals surface area contributed by atoms with Gasteiger partial charge in [0.05, 0.1) is 11.2 Å². The molecule has 0 saturated carbocycles. The van der Waals surface area contributed by atoms with E-state index in [4.69, 9.17) is 0 Å². The van der Waals surface area contributed by atoms with Gasteiger partial charge in [-0.2, -0.15) is 13.2 Å². The Morgan fingerprint density at radius 2 is 1.77 bits per heavy atom.